The van der Waals surface area contributed by atoms with Gasteiger partial charge >= 0.3 is 0 Å². The number of ether oxygens (including phenoxy) is 1. The SMILES string of the molecule is CCOc1cc(/C=C2/SC(=Nc3ccc(Cl)cc3)NC2=O)ccc1O. The highest BCUT2D eigenvalue weighted by Gasteiger charge is 2.23. The topological polar surface area (TPSA) is 70.9 Å². The summed E-state index contributed by atoms with van der Waals surface area (Å²) in [6, 6.07) is 12.0. The Labute approximate surface area is 154 Å². The molecule has 1 saturated heterocycles. The number of carbonyl (C=O) groups excluding carboxylic acids is 1. The molecule has 128 valence electrons. The van der Waals surface area contributed by atoms with Gasteiger partial charge in [-0.3, -0.25) is 4.79 Å². The molecule has 2 aromatic carbocycles. The van der Waals surface area contributed by atoms with Crippen LogP contribution in [0.1, 0.15) is 12.5 Å². The van der Waals surface area contributed by atoms with Gasteiger partial charge in [0, 0.05) is 5.02 Å². The van der Waals surface area contributed by atoms with Crippen LogP contribution in [0, 0.1) is 0 Å². The third kappa shape index (κ3) is 4.35. The Hall–Kier alpha value is -2.44. The van der Waals surface area contributed by atoms with Crippen LogP contribution in [0.3, 0.4) is 0 Å². The molecule has 3 rings (SSSR count). The number of rotatable bonds is 4. The third-order valence-corrected chi connectivity index (χ3v) is 4.45. The first kappa shape index (κ1) is 17.4. The molecule has 7 heteroatoms. The lowest BCUT2D eigenvalue weighted by atomic mass is 10.2. The van der Waals surface area contributed by atoms with Gasteiger partial charge in [-0.15, -0.1) is 0 Å². The average molecular weight is 375 g/mol. The molecule has 1 heterocycles. The molecule has 25 heavy (non-hydrogen) atoms. The molecule has 0 aromatic heterocycles. The fourth-order valence-corrected chi connectivity index (χ4v) is 3.12. The maximum Gasteiger partial charge on any atom is 0.264 e. The smallest absolute Gasteiger partial charge is 0.264 e. The van der Waals surface area contributed by atoms with Crippen molar-refractivity contribution in [1.82, 2.24) is 5.32 Å². The summed E-state index contributed by atoms with van der Waals surface area (Å²) in [6.45, 7) is 2.28. The zero-order valence-corrected chi connectivity index (χ0v) is 14.9. The molecule has 1 amide bonds. The van der Waals surface area contributed by atoms with Gasteiger partial charge in [0.2, 0.25) is 0 Å². The normalized spacial score (nSPS) is 17.1. The van der Waals surface area contributed by atoms with E-state index in [-0.39, 0.29) is 11.7 Å². The zero-order valence-electron chi connectivity index (χ0n) is 13.3. The van der Waals surface area contributed by atoms with Crippen LogP contribution in [0.25, 0.3) is 6.08 Å². The molecule has 2 aromatic rings. The molecule has 0 radical (unpaired) electrons. The van der Waals surface area contributed by atoms with Gasteiger partial charge in [-0.1, -0.05) is 17.7 Å². The number of nitrogens with one attached hydrogen (secondary N) is 1. The summed E-state index contributed by atoms with van der Waals surface area (Å²) < 4.78 is 5.36. The monoisotopic (exact) mass is 374 g/mol. The van der Waals surface area contributed by atoms with Crippen LogP contribution < -0.4 is 10.1 Å². The van der Waals surface area contributed by atoms with E-state index in [1.807, 2.05) is 6.92 Å². The third-order valence-electron chi connectivity index (χ3n) is 3.29. The van der Waals surface area contributed by atoms with Crippen LogP contribution in [0.15, 0.2) is 52.4 Å². The number of hydrogen-bond acceptors (Lipinski definition) is 5. The molecule has 1 fully saturated rings. The van der Waals surface area contributed by atoms with Gasteiger partial charge in [-0.05, 0) is 66.7 Å². The van der Waals surface area contributed by atoms with Crippen molar-refractivity contribution in [2.45, 2.75) is 6.92 Å². The van der Waals surface area contributed by atoms with Gasteiger partial charge < -0.3 is 15.2 Å². The Bertz CT molecular complexity index is 863. The Kier molecular flexibility index (Phi) is 5.31. The van der Waals surface area contributed by atoms with E-state index >= 15 is 0 Å². The summed E-state index contributed by atoms with van der Waals surface area (Å²) >= 11 is 7.10. The number of thioether (sulfide) groups is 1. The highest BCUT2D eigenvalue weighted by atomic mass is 35.5. The standard InChI is InChI=1S/C18H15ClN2O3S/c1-2-24-15-9-11(3-8-14(15)22)10-16-17(23)21-18(25-16)20-13-6-4-12(19)5-7-13/h3-10,22H,2H2,1H3,(H,20,21,23)/b16-10+. The molecule has 0 atom stereocenters. The summed E-state index contributed by atoms with van der Waals surface area (Å²) in [4.78, 5) is 17.0. The van der Waals surface area contributed by atoms with E-state index in [1.54, 1.807) is 42.5 Å². The number of phenolic OH excluding ortho intramolecular Hbond substituents is 1. The van der Waals surface area contributed by atoms with Gasteiger partial charge in [0.1, 0.15) is 0 Å². The fourth-order valence-electron chi connectivity index (χ4n) is 2.16. The highest BCUT2D eigenvalue weighted by Crippen LogP contribution is 2.31. The molecule has 1 aliphatic rings. The van der Waals surface area contributed by atoms with Crippen molar-refractivity contribution in [3.05, 3.63) is 58.0 Å². The minimum atomic E-state index is -0.219. The van der Waals surface area contributed by atoms with Crippen LogP contribution in [-0.2, 0) is 4.79 Å². The predicted molar refractivity (Wildman–Crippen MR) is 102 cm³/mol. The van der Waals surface area contributed by atoms with Crippen molar-refractivity contribution < 1.29 is 14.6 Å². The largest absolute Gasteiger partial charge is 0.504 e. The summed E-state index contributed by atoms with van der Waals surface area (Å²) in [5.74, 6) is 0.233. The maximum atomic E-state index is 12.1. The lowest BCUT2D eigenvalue weighted by molar-refractivity contribution is -0.115. The van der Waals surface area contributed by atoms with Crippen LogP contribution in [0.5, 0.6) is 11.5 Å². The zero-order chi connectivity index (χ0) is 17.8. The Balaban J connectivity index is 1.81. The van der Waals surface area contributed by atoms with Crippen LogP contribution in [0.4, 0.5) is 5.69 Å². The second-order valence-corrected chi connectivity index (χ2v) is 6.59. The van der Waals surface area contributed by atoms with Crippen molar-refractivity contribution >= 4 is 46.2 Å². The minimum absolute atomic E-state index is 0.0671. The number of hydrogen-bond donors (Lipinski definition) is 2. The summed E-state index contributed by atoms with van der Waals surface area (Å²) in [7, 11) is 0. The summed E-state index contributed by atoms with van der Waals surface area (Å²) in [6.07, 6.45) is 1.73. The van der Waals surface area contributed by atoms with Crippen molar-refractivity contribution in [2.75, 3.05) is 6.61 Å². The number of amidine groups is 1. The number of amides is 1. The molecule has 5 nitrogen and oxygen atoms in total. The molecular weight excluding hydrogens is 360 g/mol. The van der Waals surface area contributed by atoms with E-state index in [0.717, 1.165) is 5.56 Å². The average Bonchev–Trinajstić information content (AvgIpc) is 2.92. The molecule has 2 N–H and O–H groups in total. The molecule has 0 saturated carbocycles. The van der Waals surface area contributed by atoms with E-state index in [2.05, 4.69) is 10.3 Å². The van der Waals surface area contributed by atoms with Gasteiger partial charge in [0.25, 0.3) is 5.91 Å². The maximum absolute atomic E-state index is 12.1. The van der Waals surface area contributed by atoms with Gasteiger partial charge in [0.05, 0.1) is 17.2 Å². The fraction of sp³-hybridized carbons (Fsp3) is 0.111. The van der Waals surface area contributed by atoms with E-state index in [1.165, 1.54) is 17.8 Å². The predicted octanol–water partition coefficient (Wildman–Crippen LogP) is 4.34. The number of aromatic hydroxyl groups is 1. The molecular formula is C18H15ClN2O3S. The molecule has 0 spiro atoms. The minimum Gasteiger partial charge on any atom is -0.504 e. The molecule has 0 unspecified atom stereocenters. The number of benzene rings is 2. The number of halogens is 1. The second kappa shape index (κ2) is 7.63. The van der Waals surface area contributed by atoms with Crippen LogP contribution in [-0.4, -0.2) is 22.8 Å². The summed E-state index contributed by atoms with van der Waals surface area (Å²) in [5.41, 5.74) is 1.46. The van der Waals surface area contributed by atoms with Crippen LogP contribution in [0.2, 0.25) is 5.02 Å². The number of aliphatic imine (C=N–C) groups is 1. The van der Waals surface area contributed by atoms with Gasteiger partial charge in [0.15, 0.2) is 16.7 Å². The first-order valence-electron chi connectivity index (χ1n) is 7.56. The molecule has 1 aliphatic heterocycles. The van der Waals surface area contributed by atoms with Gasteiger partial charge in [-0.25, -0.2) is 4.99 Å². The Morgan fingerprint density at radius 2 is 2.04 bits per heavy atom. The highest BCUT2D eigenvalue weighted by molar-refractivity contribution is 8.18. The van der Waals surface area contributed by atoms with Crippen molar-refractivity contribution in [1.29, 1.82) is 0 Å². The van der Waals surface area contributed by atoms with E-state index in [4.69, 9.17) is 16.3 Å². The van der Waals surface area contributed by atoms with Crippen LogP contribution >= 0.6 is 23.4 Å². The van der Waals surface area contributed by atoms with Crippen molar-refractivity contribution in [3.63, 3.8) is 0 Å². The van der Waals surface area contributed by atoms with Crippen molar-refractivity contribution in [2.24, 2.45) is 4.99 Å². The van der Waals surface area contributed by atoms with E-state index in [9.17, 15) is 9.90 Å². The summed E-state index contributed by atoms with van der Waals surface area (Å²) in [5, 5.41) is 13.6. The van der Waals surface area contributed by atoms with Gasteiger partial charge in [-0.2, -0.15) is 0 Å². The Morgan fingerprint density at radius 1 is 1.28 bits per heavy atom. The first-order valence-corrected chi connectivity index (χ1v) is 8.75. The number of phenols is 1. The number of carbonyl (C=O) groups is 1. The molecule has 0 aliphatic carbocycles. The van der Waals surface area contributed by atoms with E-state index in [0.29, 0.717) is 33.1 Å². The number of nitrogens with zero attached hydrogens (tertiary/aromatic N) is 1. The van der Waals surface area contributed by atoms with E-state index < -0.39 is 0 Å². The second-order valence-electron chi connectivity index (χ2n) is 5.12. The molecule has 0 bridgehead atoms. The quantitative estimate of drug-likeness (QED) is 0.781. The Morgan fingerprint density at radius 3 is 2.76 bits per heavy atom. The van der Waals surface area contributed by atoms with Crippen molar-refractivity contribution in [3.8, 4) is 11.5 Å². The lowest BCUT2D eigenvalue weighted by Crippen LogP contribution is -2.19. The first-order chi connectivity index (χ1) is 12.0. The lowest BCUT2D eigenvalue weighted by Gasteiger charge is -2.06.